The number of amides is 4. The first-order valence-electron chi connectivity index (χ1n) is 10.5. The molecule has 33 heavy (non-hydrogen) atoms. The Morgan fingerprint density at radius 2 is 1.85 bits per heavy atom. The number of hydrogen-bond acceptors (Lipinski definition) is 5. The van der Waals surface area contributed by atoms with Crippen molar-refractivity contribution in [3.63, 3.8) is 0 Å². The van der Waals surface area contributed by atoms with Crippen LogP contribution in [0.3, 0.4) is 0 Å². The molecule has 0 radical (unpaired) electrons. The van der Waals surface area contributed by atoms with E-state index < -0.39 is 47.0 Å². The molecule has 0 aromatic heterocycles. The Morgan fingerprint density at radius 1 is 1.09 bits per heavy atom. The SMILES string of the molecule is NC(=O)CC[C@@H]1N[C@]2(C(=O)Nc3ccc(Cl)cc32)[C@@H]2C(=O)N(Cc3ccccc3Cl)C(=O)[C@H]12. The van der Waals surface area contributed by atoms with Gasteiger partial charge in [0.05, 0.1) is 18.4 Å². The Labute approximate surface area is 199 Å². The van der Waals surface area contributed by atoms with Crippen molar-refractivity contribution in [3.05, 3.63) is 63.6 Å². The van der Waals surface area contributed by atoms with Crippen molar-refractivity contribution in [1.82, 2.24) is 10.2 Å². The highest BCUT2D eigenvalue weighted by Gasteiger charge is 2.70. The van der Waals surface area contributed by atoms with E-state index in [0.717, 1.165) is 4.90 Å². The number of carbonyl (C=O) groups excluding carboxylic acids is 4. The minimum Gasteiger partial charge on any atom is -0.370 e. The van der Waals surface area contributed by atoms with E-state index in [4.69, 9.17) is 28.9 Å². The lowest BCUT2D eigenvalue weighted by molar-refractivity contribution is -0.143. The number of primary amides is 1. The van der Waals surface area contributed by atoms with Gasteiger partial charge in [0.2, 0.25) is 23.6 Å². The third-order valence-electron chi connectivity index (χ3n) is 6.76. The minimum absolute atomic E-state index is 0.00692. The van der Waals surface area contributed by atoms with Crippen LogP contribution in [0.1, 0.15) is 24.0 Å². The second-order valence-electron chi connectivity index (χ2n) is 8.57. The van der Waals surface area contributed by atoms with Crippen LogP contribution in [0.5, 0.6) is 0 Å². The molecule has 0 bridgehead atoms. The fourth-order valence-electron chi connectivity index (χ4n) is 5.33. The second kappa shape index (κ2) is 7.83. The molecule has 8 nitrogen and oxygen atoms in total. The van der Waals surface area contributed by atoms with Crippen LogP contribution < -0.4 is 16.4 Å². The smallest absolute Gasteiger partial charge is 0.250 e. The summed E-state index contributed by atoms with van der Waals surface area (Å²) >= 11 is 12.5. The first-order valence-corrected chi connectivity index (χ1v) is 11.3. The van der Waals surface area contributed by atoms with Crippen LogP contribution in [-0.2, 0) is 31.3 Å². The van der Waals surface area contributed by atoms with Crippen LogP contribution in [0.2, 0.25) is 10.0 Å². The molecule has 170 valence electrons. The van der Waals surface area contributed by atoms with Crippen molar-refractivity contribution in [2.75, 3.05) is 5.32 Å². The molecule has 0 aliphatic carbocycles. The van der Waals surface area contributed by atoms with Gasteiger partial charge in [0.15, 0.2) is 0 Å². The topological polar surface area (TPSA) is 122 Å². The normalized spacial score (nSPS) is 27.8. The fourth-order valence-corrected chi connectivity index (χ4v) is 5.70. The summed E-state index contributed by atoms with van der Waals surface area (Å²) in [6.45, 7) is -0.00696. The Bertz CT molecular complexity index is 1220. The molecule has 2 saturated heterocycles. The van der Waals surface area contributed by atoms with Crippen molar-refractivity contribution >= 4 is 52.5 Å². The van der Waals surface area contributed by atoms with E-state index in [2.05, 4.69) is 10.6 Å². The predicted molar refractivity (Wildman–Crippen MR) is 121 cm³/mol. The van der Waals surface area contributed by atoms with Gasteiger partial charge in [0.1, 0.15) is 5.54 Å². The summed E-state index contributed by atoms with van der Waals surface area (Å²) in [6, 6.07) is 11.3. The monoisotopic (exact) mass is 486 g/mol. The van der Waals surface area contributed by atoms with Crippen LogP contribution in [0, 0.1) is 11.8 Å². The molecule has 2 fully saturated rings. The number of anilines is 1. The zero-order chi connectivity index (χ0) is 23.5. The fraction of sp³-hybridized carbons (Fsp3) is 0.304. The van der Waals surface area contributed by atoms with Gasteiger partial charge in [-0.15, -0.1) is 0 Å². The maximum absolute atomic E-state index is 13.7. The number of halogens is 2. The van der Waals surface area contributed by atoms with Crippen LogP contribution in [0.15, 0.2) is 42.5 Å². The predicted octanol–water partition coefficient (Wildman–Crippen LogP) is 2.18. The molecular formula is C23H20Cl2N4O4. The molecule has 3 aliphatic rings. The van der Waals surface area contributed by atoms with Crippen molar-refractivity contribution < 1.29 is 19.2 Å². The Balaban J connectivity index is 1.60. The number of hydrogen-bond donors (Lipinski definition) is 3. The van der Waals surface area contributed by atoms with Crippen LogP contribution in [0.25, 0.3) is 0 Å². The number of nitrogens with zero attached hydrogens (tertiary/aromatic N) is 1. The highest BCUT2D eigenvalue weighted by atomic mass is 35.5. The molecule has 1 spiro atoms. The number of carbonyl (C=O) groups is 4. The summed E-state index contributed by atoms with van der Waals surface area (Å²) in [5, 5.41) is 6.88. The number of nitrogens with one attached hydrogen (secondary N) is 2. The first-order chi connectivity index (χ1) is 15.7. The molecule has 3 aliphatic heterocycles. The van der Waals surface area contributed by atoms with E-state index in [1.807, 2.05) is 0 Å². The summed E-state index contributed by atoms with van der Waals surface area (Å²) < 4.78 is 0. The third kappa shape index (κ3) is 3.24. The average molecular weight is 487 g/mol. The van der Waals surface area contributed by atoms with Crippen molar-refractivity contribution in [2.24, 2.45) is 17.6 Å². The van der Waals surface area contributed by atoms with E-state index in [-0.39, 0.29) is 19.4 Å². The maximum Gasteiger partial charge on any atom is 0.250 e. The van der Waals surface area contributed by atoms with E-state index >= 15 is 0 Å². The maximum atomic E-state index is 13.7. The van der Waals surface area contributed by atoms with Gasteiger partial charge in [-0.2, -0.15) is 0 Å². The molecular weight excluding hydrogens is 467 g/mol. The van der Waals surface area contributed by atoms with E-state index in [0.29, 0.717) is 26.9 Å². The van der Waals surface area contributed by atoms with Gasteiger partial charge in [-0.3, -0.25) is 29.4 Å². The van der Waals surface area contributed by atoms with Gasteiger partial charge in [0.25, 0.3) is 0 Å². The van der Waals surface area contributed by atoms with E-state index in [9.17, 15) is 19.2 Å². The standard InChI is InChI=1S/C23H20Cl2N4O4/c24-12-5-6-15-13(9-12)23(22(33)27-15)19-18(16(28-23)7-8-17(26)30)20(31)29(21(19)32)10-11-3-1-2-4-14(11)25/h1-6,9,16,18-19,28H,7-8,10H2,(H2,26,30)(H,27,33)/t16-,18+,19-,23-/m0/s1. The summed E-state index contributed by atoms with van der Waals surface area (Å²) in [6.07, 6.45) is 0.216. The molecule has 5 rings (SSSR count). The summed E-state index contributed by atoms with van der Waals surface area (Å²) in [7, 11) is 0. The van der Waals surface area contributed by atoms with E-state index in [1.54, 1.807) is 42.5 Å². The number of imide groups is 1. The third-order valence-corrected chi connectivity index (χ3v) is 7.36. The molecule has 4 amide bonds. The zero-order valence-corrected chi connectivity index (χ0v) is 18.8. The van der Waals surface area contributed by atoms with Gasteiger partial charge in [-0.25, -0.2) is 0 Å². The highest BCUT2D eigenvalue weighted by molar-refractivity contribution is 6.31. The lowest BCUT2D eigenvalue weighted by atomic mass is 9.76. The number of likely N-dealkylation sites (tertiary alicyclic amines) is 1. The summed E-state index contributed by atoms with van der Waals surface area (Å²) in [5.74, 6) is -3.68. The van der Waals surface area contributed by atoms with Gasteiger partial charge in [-0.1, -0.05) is 41.4 Å². The second-order valence-corrected chi connectivity index (χ2v) is 9.41. The molecule has 0 saturated carbocycles. The average Bonchev–Trinajstić information content (AvgIpc) is 3.34. The van der Waals surface area contributed by atoms with Gasteiger partial charge in [0, 0.05) is 33.8 Å². The molecule has 2 aromatic rings. The van der Waals surface area contributed by atoms with Gasteiger partial charge < -0.3 is 11.1 Å². The van der Waals surface area contributed by atoms with Crippen molar-refractivity contribution in [2.45, 2.75) is 31.0 Å². The highest BCUT2D eigenvalue weighted by Crippen LogP contribution is 2.54. The van der Waals surface area contributed by atoms with Crippen molar-refractivity contribution in [3.8, 4) is 0 Å². The lowest BCUT2D eigenvalue weighted by Gasteiger charge is -2.29. The number of nitrogens with two attached hydrogens (primary N) is 1. The van der Waals surface area contributed by atoms with Gasteiger partial charge in [-0.05, 0) is 36.2 Å². The Hall–Kier alpha value is -2.94. The molecule has 3 heterocycles. The van der Waals surface area contributed by atoms with Crippen LogP contribution >= 0.6 is 23.2 Å². The Kier molecular flexibility index (Phi) is 5.19. The minimum atomic E-state index is -1.48. The quantitative estimate of drug-likeness (QED) is 0.559. The van der Waals surface area contributed by atoms with Crippen molar-refractivity contribution in [1.29, 1.82) is 0 Å². The van der Waals surface area contributed by atoms with Crippen LogP contribution in [-0.4, -0.2) is 34.6 Å². The zero-order valence-electron chi connectivity index (χ0n) is 17.3. The van der Waals surface area contributed by atoms with E-state index in [1.165, 1.54) is 0 Å². The molecule has 2 aromatic carbocycles. The molecule has 0 unspecified atom stereocenters. The summed E-state index contributed by atoms with van der Waals surface area (Å²) in [4.78, 5) is 53.2. The Morgan fingerprint density at radius 3 is 2.58 bits per heavy atom. The number of fused-ring (bicyclic) bond motifs is 4. The lowest BCUT2D eigenvalue weighted by Crippen LogP contribution is -2.53. The first kappa shape index (κ1) is 21.9. The molecule has 4 atom stereocenters. The number of benzene rings is 2. The van der Waals surface area contributed by atoms with Gasteiger partial charge >= 0.3 is 0 Å². The summed E-state index contributed by atoms with van der Waals surface area (Å²) in [5.41, 5.74) is 5.52. The molecule has 4 N–H and O–H groups in total. The largest absolute Gasteiger partial charge is 0.370 e. The molecule has 10 heteroatoms. The van der Waals surface area contributed by atoms with Crippen LogP contribution in [0.4, 0.5) is 5.69 Å². The number of rotatable bonds is 5.